The normalized spacial score (nSPS) is 19.7. The van der Waals surface area contributed by atoms with Gasteiger partial charge in [-0.15, -0.1) is 0 Å². The first-order valence-corrected chi connectivity index (χ1v) is 9.70. The molecule has 1 aliphatic rings. The van der Waals surface area contributed by atoms with Crippen LogP contribution in [0.4, 0.5) is 27.6 Å². The Kier molecular flexibility index (Phi) is 6.49. The van der Waals surface area contributed by atoms with Crippen LogP contribution in [0.25, 0.3) is 0 Å². The number of alkyl halides is 5. The second kappa shape index (κ2) is 8.75. The summed E-state index contributed by atoms with van der Waals surface area (Å²) in [7, 11) is 0. The van der Waals surface area contributed by atoms with Crippen molar-refractivity contribution in [3.05, 3.63) is 41.5 Å². The molecule has 11 heteroatoms. The second-order valence-electron chi connectivity index (χ2n) is 7.18. The minimum atomic E-state index is -4.73. The molecule has 5 nitrogen and oxygen atoms in total. The molecule has 1 aliphatic carbocycles. The maximum Gasteiger partial charge on any atom is 0.433 e. The molecule has 0 aromatic carbocycles. The Morgan fingerprint density at radius 3 is 2.47 bits per heavy atom. The number of pyridine rings is 1. The van der Waals surface area contributed by atoms with Gasteiger partial charge in [0.05, 0.1) is 11.7 Å². The van der Waals surface area contributed by atoms with Crippen molar-refractivity contribution in [2.24, 2.45) is 5.92 Å². The minimum absolute atomic E-state index is 0.120. The number of carbonyl (C=O) groups excluding carboxylic acids is 1. The molecule has 0 bridgehead atoms. The van der Waals surface area contributed by atoms with Crippen LogP contribution < -0.4 is 5.32 Å². The van der Waals surface area contributed by atoms with Gasteiger partial charge in [-0.05, 0) is 55.5 Å². The standard InChI is InChI=1S/C19H19F5N4OS/c1-10(30)11-5-7-12(8-6-11)28-9-14(16(27-28)17(20)21)26-18(29)13-3-2-4-15(25-13)19(22,23)24/h2-4,9,11-12,17H,5-8H2,1H3,(H,26,29)/t11-,12+. The molecule has 2 aromatic rings. The molecule has 30 heavy (non-hydrogen) atoms. The Morgan fingerprint density at radius 2 is 1.90 bits per heavy atom. The Labute approximate surface area is 174 Å². The molecule has 1 N–H and O–H groups in total. The maximum atomic E-state index is 13.4. The first-order valence-electron chi connectivity index (χ1n) is 9.29. The van der Waals surface area contributed by atoms with Crippen LogP contribution in [0.2, 0.25) is 0 Å². The lowest BCUT2D eigenvalue weighted by Gasteiger charge is -2.28. The van der Waals surface area contributed by atoms with Gasteiger partial charge in [-0.25, -0.2) is 13.8 Å². The summed E-state index contributed by atoms with van der Waals surface area (Å²) in [6.45, 7) is 1.89. The third kappa shape index (κ3) is 5.00. The highest BCUT2D eigenvalue weighted by Crippen LogP contribution is 2.35. The molecule has 0 spiro atoms. The van der Waals surface area contributed by atoms with E-state index < -0.39 is 35.6 Å². The van der Waals surface area contributed by atoms with E-state index in [1.807, 2.05) is 6.92 Å². The van der Waals surface area contributed by atoms with Gasteiger partial charge in [-0.1, -0.05) is 18.3 Å². The zero-order chi connectivity index (χ0) is 22.1. The Hall–Kier alpha value is -2.43. The summed E-state index contributed by atoms with van der Waals surface area (Å²) in [5.41, 5.74) is -2.66. The van der Waals surface area contributed by atoms with E-state index in [0.29, 0.717) is 18.8 Å². The van der Waals surface area contributed by atoms with E-state index in [1.54, 1.807) is 0 Å². The van der Waals surface area contributed by atoms with Gasteiger partial charge in [0, 0.05) is 6.20 Å². The predicted octanol–water partition coefficient (Wildman–Crippen LogP) is 5.61. The Balaban J connectivity index is 1.79. The number of amides is 1. The van der Waals surface area contributed by atoms with Crippen molar-refractivity contribution in [1.82, 2.24) is 14.8 Å². The molecule has 162 valence electrons. The number of thiocarbonyl (C=S) groups is 1. The first-order chi connectivity index (χ1) is 14.1. The molecular weight excluding hydrogens is 427 g/mol. The Bertz CT molecular complexity index is 935. The second-order valence-corrected chi connectivity index (χ2v) is 7.83. The lowest BCUT2D eigenvalue weighted by Crippen LogP contribution is -2.21. The van der Waals surface area contributed by atoms with Gasteiger partial charge < -0.3 is 5.32 Å². The number of nitrogens with one attached hydrogen (secondary N) is 1. The third-order valence-corrected chi connectivity index (χ3v) is 5.47. The van der Waals surface area contributed by atoms with Crippen LogP contribution in [-0.4, -0.2) is 25.5 Å². The summed E-state index contributed by atoms with van der Waals surface area (Å²) in [6.07, 6.45) is -3.36. The molecule has 2 heterocycles. The van der Waals surface area contributed by atoms with Crippen molar-refractivity contribution < 1.29 is 26.7 Å². The highest BCUT2D eigenvalue weighted by atomic mass is 32.1. The van der Waals surface area contributed by atoms with Gasteiger partial charge >= 0.3 is 6.18 Å². The number of anilines is 1. The smallest absolute Gasteiger partial charge is 0.318 e. The third-order valence-electron chi connectivity index (χ3n) is 5.13. The number of hydrogen-bond donors (Lipinski definition) is 1. The van der Waals surface area contributed by atoms with E-state index in [9.17, 15) is 26.7 Å². The molecule has 0 aliphatic heterocycles. The molecule has 1 saturated carbocycles. The zero-order valence-corrected chi connectivity index (χ0v) is 16.7. The van der Waals surface area contributed by atoms with Gasteiger partial charge in [-0.3, -0.25) is 9.48 Å². The molecule has 0 unspecified atom stereocenters. The topological polar surface area (TPSA) is 59.8 Å². The SMILES string of the molecule is CC(=S)[C@H]1CC[C@@H](n2cc(NC(=O)c3cccc(C(F)(F)F)n3)c(C(F)F)n2)CC1. The zero-order valence-electron chi connectivity index (χ0n) is 15.9. The molecule has 1 amide bonds. The summed E-state index contributed by atoms with van der Waals surface area (Å²) >= 11 is 5.21. The van der Waals surface area contributed by atoms with Crippen molar-refractivity contribution >= 4 is 28.7 Å². The quantitative estimate of drug-likeness (QED) is 0.479. The van der Waals surface area contributed by atoms with Crippen molar-refractivity contribution in [2.45, 2.75) is 51.3 Å². The summed E-state index contributed by atoms with van der Waals surface area (Å²) in [5, 5.41) is 6.15. The predicted molar refractivity (Wildman–Crippen MR) is 104 cm³/mol. The first kappa shape index (κ1) is 22.3. The summed E-state index contributed by atoms with van der Waals surface area (Å²) in [4.78, 5) is 16.5. The van der Waals surface area contributed by atoms with Gasteiger partial charge in [0.25, 0.3) is 12.3 Å². The maximum absolute atomic E-state index is 13.4. The van der Waals surface area contributed by atoms with Crippen molar-refractivity contribution in [2.75, 3.05) is 5.32 Å². The lowest BCUT2D eigenvalue weighted by atomic mass is 9.84. The average Bonchev–Trinajstić information content (AvgIpc) is 3.11. The van der Waals surface area contributed by atoms with Gasteiger partial charge in [0.1, 0.15) is 11.4 Å². The largest absolute Gasteiger partial charge is 0.433 e. The molecule has 2 aromatic heterocycles. The summed E-state index contributed by atoms with van der Waals surface area (Å²) in [6, 6.07) is 2.70. The average molecular weight is 446 g/mol. The fourth-order valence-corrected chi connectivity index (χ4v) is 3.74. The molecule has 0 atom stereocenters. The van der Waals surface area contributed by atoms with Gasteiger partial charge in [0.15, 0.2) is 5.69 Å². The van der Waals surface area contributed by atoms with Crippen LogP contribution >= 0.6 is 12.2 Å². The number of aromatic nitrogens is 3. The number of nitrogens with zero attached hydrogens (tertiary/aromatic N) is 3. The number of carbonyl (C=O) groups is 1. The summed E-state index contributed by atoms with van der Waals surface area (Å²) in [5.74, 6) is -0.713. The van der Waals surface area contributed by atoms with Crippen molar-refractivity contribution in [3.8, 4) is 0 Å². The Morgan fingerprint density at radius 1 is 1.23 bits per heavy atom. The fourth-order valence-electron chi connectivity index (χ4n) is 3.50. The van der Waals surface area contributed by atoms with E-state index in [0.717, 1.165) is 35.9 Å². The number of rotatable bonds is 5. The number of halogens is 5. The molecule has 0 radical (unpaired) electrons. The molecule has 3 rings (SSSR count). The van der Waals surface area contributed by atoms with E-state index in [2.05, 4.69) is 15.4 Å². The summed E-state index contributed by atoms with van der Waals surface area (Å²) < 4.78 is 66.7. The highest BCUT2D eigenvalue weighted by molar-refractivity contribution is 7.80. The number of hydrogen-bond acceptors (Lipinski definition) is 4. The molecular formula is C19H19F5N4OS. The van der Waals surface area contributed by atoms with Crippen LogP contribution in [-0.2, 0) is 6.18 Å². The monoisotopic (exact) mass is 446 g/mol. The van der Waals surface area contributed by atoms with Crippen molar-refractivity contribution in [3.63, 3.8) is 0 Å². The van der Waals surface area contributed by atoms with Gasteiger partial charge in [0.2, 0.25) is 0 Å². The van der Waals surface area contributed by atoms with Crippen LogP contribution in [0, 0.1) is 5.92 Å². The van der Waals surface area contributed by atoms with E-state index >= 15 is 0 Å². The van der Waals surface area contributed by atoms with E-state index in [4.69, 9.17) is 12.2 Å². The van der Waals surface area contributed by atoms with E-state index in [-0.39, 0.29) is 11.7 Å². The molecule has 1 fully saturated rings. The van der Waals surface area contributed by atoms with Gasteiger partial charge in [-0.2, -0.15) is 18.3 Å². The minimum Gasteiger partial charge on any atom is -0.318 e. The van der Waals surface area contributed by atoms with Crippen LogP contribution in [0.1, 0.15) is 67.0 Å². The lowest BCUT2D eigenvalue weighted by molar-refractivity contribution is -0.141. The highest BCUT2D eigenvalue weighted by Gasteiger charge is 2.33. The van der Waals surface area contributed by atoms with Crippen molar-refractivity contribution in [1.29, 1.82) is 0 Å². The molecule has 0 saturated heterocycles. The van der Waals surface area contributed by atoms with Crippen LogP contribution in [0.3, 0.4) is 0 Å². The fraction of sp³-hybridized carbons (Fsp3) is 0.474. The van der Waals surface area contributed by atoms with Crippen LogP contribution in [0.5, 0.6) is 0 Å². The van der Waals surface area contributed by atoms with Crippen LogP contribution in [0.15, 0.2) is 24.4 Å². The van der Waals surface area contributed by atoms with E-state index in [1.165, 1.54) is 10.9 Å².